The van der Waals surface area contributed by atoms with Gasteiger partial charge in [0.1, 0.15) is 5.52 Å². The Morgan fingerprint density at radius 2 is 1.68 bits per heavy atom. The number of alkyl halides is 3. The normalized spacial score (nSPS) is 17.5. The molecule has 1 aliphatic heterocycles. The zero-order valence-electron chi connectivity index (χ0n) is 20.9. The largest absolute Gasteiger partial charge is 0.435 e. The summed E-state index contributed by atoms with van der Waals surface area (Å²) in [6, 6.07) is 12.7. The maximum Gasteiger partial charge on any atom is 0.435 e. The molecule has 1 saturated carbocycles. The van der Waals surface area contributed by atoms with Crippen LogP contribution in [0.2, 0.25) is 0 Å². The molecule has 0 radical (unpaired) electrons. The molecule has 4 heterocycles. The second-order valence-electron chi connectivity index (χ2n) is 10.3. The van der Waals surface area contributed by atoms with Crippen LogP contribution < -0.4 is 10.2 Å². The minimum atomic E-state index is -4.48. The summed E-state index contributed by atoms with van der Waals surface area (Å²) in [5.41, 5.74) is 2.67. The summed E-state index contributed by atoms with van der Waals surface area (Å²) in [5.74, 6) is -0.184. The molecular weight excluding hydrogens is 493 g/mol. The molecule has 7 nitrogen and oxygen atoms in total. The van der Waals surface area contributed by atoms with Crippen LogP contribution in [0.1, 0.15) is 41.7 Å². The number of nitrogens with one attached hydrogen (secondary N) is 1. The van der Waals surface area contributed by atoms with Gasteiger partial charge in [0.2, 0.25) is 0 Å². The fourth-order valence-corrected chi connectivity index (χ4v) is 6.04. The number of aromatic nitrogens is 4. The molecule has 4 aromatic rings. The van der Waals surface area contributed by atoms with Crippen molar-refractivity contribution in [1.29, 1.82) is 0 Å². The van der Waals surface area contributed by atoms with Gasteiger partial charge in [-0.15, -0.1) is 0 Å². The summed E-state index contributed by atoms with van der Waals surface area (Å²) in [7, 11) is 1.88. The van der Waals surface area contributed by atoms with Gasteiger partial charge in [-0.25, -0.2) is 9.97 Å². The number of pyridine rings is 1. The minimum Gasteiger partial charge on any atom is -0.369 e. The highest BCUT2D eigenvalue weighted by Crippen LogP contribution is 2.47. The van der Waals surface area contributed by atoms with Crippen molar-refractivity contribution in [3.63, 3.8) is 0 Å². The number of anilines is 1. The monoisotopic (exact) mass is 520 g/mol. The van der Waals surface area contributed by atoms with E-state index in [2.05, 4.69) is 20.3 Å². The smallest absolute Gasteiger partial charge is 0.369 e. The average molecular weight is 521 g/mol. The zero-order valence-corrected chi connectivity index (χ0v) is 20.9. The van der Waals surface area contributed by atoms with Gasteiger partial charge in [-0.2, -0.15) is 13.2 Å². The van der Waals surface area contributed by atoms with Crippen LogP contribution in [0.3, 0.4) is 0 Å². The van der Waals surface area contributed by atoms with E-state index in [1.165, 1.54) is 12.3 Å². The van der Waals surface area contributed by atoms with Crippen LogP contribution in [0.15, 0.2) is 61.1 Å². The summed E-state index contributed by atoms with van der Waals surface area (Å²) in [4.78, 5) is 27.9. The van der Waals surface area contributed by atoms with E-state index in [0.717, 1.165) is 36.9 Å². The number of carbonyl (C=O) groups excluding carboxylic acids is 1. The molecule has 10 heteroatoms. The van der Waals surface area contributed by atoms with E-state index in [4.69, 9.17) is 0 Å². The van der Waals surface area contributed by atoms with Crippen molar-refractivity contribution in [2.45, 2.75) is 37.9 Å². The molecule has 1 spiro atoms. The highest BCUT2D eigenvalue weighted by Gasteiger charge is 2.48. The molecule has 38 heavy (non-hydrogen) atoms. The first-order valence-electron chi connectivity index (χ1n) is 12.7. The van der Waals surface area contributed by atoms with Crippen LogP contribution in [0, 0.1) is 5.41 Å². The van der Waals surface area contributed by atoms with Crippen molar-refractivity contribution in [3.8, 4) is 11.3 Å². The Morgan fingerprint density at radius 1 is 0.974 bits per heavy atom. The molecule has 0 atom stereocenters. The van der Waals surface area contributed by atoms with Crippen molar-refractivity contribution in [1.82, 2.24) is 24.8 Å². The highest BCUT2D eigenvalue weighted by atomic mass is 19.4. The third-order valence-corrected chi connectivity index (χ3v) is 7.91. The maximum absolute atomic E-state index is 13.6. The number of carbonyl (C=O) groups is 1. The summed E-state index contributed by atoms with van der Waals surface area (Å²) in [6.45, 7) is 1.14. The summed E-state index contributed by atoms with van der Waals surface area (Å²) >= 11 is 0. The van der Waals surface area contributed by atoms with Crippen LogP contribution >= 0.6 is 0 Å². The molecule has 1 aliphatic carbocycles. The Balaban J connectivity index is 1.16. The molecule has 1 amide bonds. The molecule has 1 aromatic carbocycles. The van der Waals surface area contributed by atoms with Gasteiger partial charge in [0.05, 0.1) is 16.9 Å². The van der Waals surface area contributed by atoms with E-state index >= 15 is 0 Å². The molecule has 3 aromatic heterocycles. The van der Waals surface area contributed by atoms with Crippen LogP contribution in [-0.4, -0.2) is 44.6 Å². The van der Waals surface area contributed by atoms with Crippen molar-refractivity contribution < 1.29 is 18.0 Å². The number of nitrogens with zero attached hydrogens (tertiary/aromatic N) is 5. The second kappa shape index (κ2) is 9.11. The van der Waals surface area contributed by atoms with Crippen molar-refractivity contribution in [3.05, 3.63) is 72.3 Å². The predicted molar refractivity (Wildman–Crippen MR) is 138 cm³/mol. The number of halogens is 3. The lowest BCUT2D eigenvalue weighted by Gasteiger charge is -2.54. The number of rotatable bonds is 4. The molecule has 2 fully saturated rings. The van der Waals surface area contributed by atoms with Crippen molar-refractivity contribution in [2.75, 3.05) is 18.0 Å². The van der Waals surface area contributed by atoms with Gasteiger partial charge in [0, 0.05) is 50.2 Å². The van der Waals surface area contributed by atoms with Gasteiger partial charge < -0.3 is 14.8 Å². The molecule has 0 bridgehead atoms. The molecule has 196 valence electrons. The molecule has 1 N–H and O–H groups in total. The minimum absolute atomic E-state index is 0.0122. The van der Waals surface area contributed by atoms with Crippen molar-refractivity contribution in [2.24, 2.45) is 12.5 Å². The van der Waals surface area contributed by atoms with E-state index in [1.54, 1.807) is 23.4 Å². The average Bonchev–Trinajstić information content (AvgIpc) is 3.20. The number of hydrogen-bond acceptors (Lipinski definition) is 5. The number of hydrogen-bond donors (Lipinski definition) is 1. The quantitative estimate of drug-likeness (QED) is 0.399. The summed E-state index contributed by atoms with van der Waals surface area (Å²) in [5, 5.41) is 3.22. The first-order chi connectivity index (χ1) is 18.3. The fourth-order valence-electron chi connectivity index (χ4n) is 6.04. The molecular formula is C28H27F3N6O. The lowest BCUT2D eigenvalue weighted by atomic mass is 9.67. The van der Waals surface area contributed by atoms with Gasteiger partial charge in [0.15, 0.2) is 11.3 Å². The highest BCUT2D eigenvalue weighted by molar-refractivity contribution is 6.10. The van der Waals surface area contributed by atoms with Gasteiger partial charge >= 0.3 is 6.18 Å². The van der Waals surface area contributed by atoms with Gasteiger partial charge in [0.25, 0.3) is 5.91 Å². The second-order valence-corrected chi connectivity index (χ2v) is 10.3. The van der Waals surface area contributed by atoms with E-state index < -0.39 is 11.9 Å². The number of aryl methyl sites for hydroxylation is 1. The fraction of sp³-hybridized carbons (Fsp3) is 0.357. The standard InChI is InChI=1S/C28H27F3N6O/c1-36-23(18-6-3-2-4-7-18)21(22-25(36)34-15-14-32-22)26(38)35-19-9-11-27(12-10-19)16-37(17-27)20-8-5-13-33-24(20)28(29,30)31/h2-8,13-15,19H,9-12,16-17H2,1H3,(H,35,38). The number of fused-ring (bicyclic) bond motifs is 1. The van der Waals surface area contributed by atoms with E-state index in [1.807, 2.05) is 41.9 Å². The summed E-state index contributed by atoms with van der Waals surface area (Å²) in [6.07, 6.45) is 3.14. The summed E-state index contributed by atoms with van der Waals surface area (Å²) < 4.78 is 42.1. The number of amides is 1. The Morgan fingerprint density at radius 3 is 2.39 bits per heavy atom. The molecule has 6 rings (SSSR count). The first kappa shape index (κ1) is 24.4. The molecule has 0 unspecified atom stereocenters. The Bertz CT molecular complexity index is 1480. The first-order valence-corrected chi connectivity index (χ1v) is 12.7. The Kier molecular flexibility index (Phi) is 5.85. The van der Waals surface area contributed by atoms with Crippen molar-refractivity contribution >= 4 is 22.8 Å². The van der Waals surface area contributed by atoms with E-state index in [-0.39, 0.29) is 23.1 Å². The van der Waals surface area contributed by atoms with Crippen LogP contribution in [0.5, 0.6) is 0 Å². The molecule has 2 aliphatic rings. The topological polar surface area (TPSA) is 75.9 Å². The SMILES string of the molecule is Cn1c(-c2ccccc2)c(C(=O)NC2CCC3(CC2)CN(c2cccnc2C(F)(F)F)C3)c2nccnc21. The van der Waals surface area contributed by atoms with Gasteiger partial charge in [-0.05, 0) is 43.4 Å². The Hall–Kier alpha value is -3.95. The van der Waals surface area contributed by atoms with Crippen LogP contribution in [0.4, 0.5) is 18.9 Å². The lowest BCUT2D eigenvalue weighted by Crippen LogP contribution is -2.59. The third-order valence-electron chi connectivity index (χ3n) is 7.91. The zero-order chi connectivity index (χ0) is 26.5. The van der Waals surface area contributed by atoms with E-state index in [0.29, 0.717) is 29.8 Å². The third kappa shape index (κ3) is 4.17. The maximum atomic E-state index is 13.6. The van der Waals surface area contributed by atoms with Gasteiger partial charge in [-0.3, -0.25) is 9.78 Å². The predicted octanol–water partition coefficient (Wildman–Crippen LogP) is 5.23. The van der Waals surface area contributed by atoms with Crippen LogP contribution in [0.25, 0.3) is 22.4 Å². The van der Waals surface area contributed by atoms with Crippen LogP contribution in [-0.2, 0) is 13.2 Å². The van der Waals surface area contributed by atoms with E-state index in [9.17, 15) is 18.0 Å². The Labute approximate surface area is 217 Å². The van der Waals surface area contributed by atoms with Gasteiger partial charge in [-0.1, -0.05) is 30.3 Å². The lowest BCUT2D eigenvalue weighted by molar-refractivity contribution is -0.140. The number of benzene rings is 1. The molecule has 1 saturated heterocycles.